The van der Waals surface area contributed by atoms with Crippen LogP contribution in [0.1, 0.15) is 27.7 Å². The van der Waals surface area contributed by atoms with Crippen molar-refractivity contribution >= 4 is 35.2 Å². The Kier molecular flexibility index (Phi) is 10.8. The average molecular weight is 230 g/mol. The number of aliphatic imine (C=N–C) groups is 1. The molecule has 0 spiro atoms. The molecule has 0 fully saturated rings. The van der Waals surface area contributed by atoms with Crippen molar-refractivity contribution in [2.24, 2.45) is 21.9 Å². The lowest BCUT2D eigenvalue weighted by Crippen LogP contribution is -2.28. The first-order chi connectivity index (χ1) is 6.07. The van der Waals surface area contributed by atoms with Gasteiger partial charge in [-0.2, -0.15) is 4.99 Å². The van der Waals surface area contributed by atoms with Crippen LogP contribution in [0, 0.1) is 5.41 Å². The second-order valence-electron chi connectivity index (χ2n) is 3.61. The quantitative estimate of drug-likeness (QED) is 0.295. The second-order valence-corrected chi connectivity index (χ2v) is 3.61. The van der Waals surface area contributed by atoms with Crippen LogP contribution >= 0.6 is 0 Å². The van der Waals surface area contributed by atoms with Gasteiger partial charge < -0.3 is 16.6 Å². The van der Waals surface area contributed by atoms with E-state index in [1.165, 1.54) is 0 Å². The molecule has 15 heavy (non-hydrogen) atoms. The summed E-state index contributed by atoms with van der Waals surface area (Å²) in [4.78, 5) is 23.3. The molecule has 0 aliphatic rings. The van der Waals surface area contributed by atoms with E-state index in [0.29, 0.717) is 0 Å². The van der Waals surface area contributed by atoms with Gasteiger partial charge >= 0.3 is 0 Å². The van der Waals surface area contributed by atoms with Gasteiger partial charge in [-0.25, -0.2) is 0 Å². The molecule has 0 atom stereocenters. The molecule has 3 radical (unpaired) electrons. The zero-order valence-corrected chi connectivity index (χ0v) is 10.6. The number of aliphatic carboxylic acids is 1. The van der Waals surface area contributed by atoms with Gasteiger partial charge in [0.25, 0.3) is 11.9 Å². The van der Waals surface area contributed by atoms with Crippen molar-refractivity contribution in [1.82, 2.24) is 0 Å². The van der Waals surface area contributed by atoms with Crippen LogP contribution in [0.2, 0.25) is 0 Å². The summed E-state index contributed by atoms with van der Waals surface area (Å²) in [5.41, 5.74) is 9.50. The number of nitrogens with zero attached hydrogens (tertiary/aromatic N) is 1. The number of amides is 1. The Morgan fingerprint density at radius 3 is 1.53 bits per heavy atom. The molecule has 1 amide bonds. The fraction of sp³-hybridized carbons (Fsp3) is 0.625. The molecule has 7 heteroatoms. The summed E-state index contributed by atoms with van der Waals surface area (Å²) in [5.74, 6) is -1.31. The largest absolute Gasteiger partial charge is 0.481 e. The van der Waals surface area contributed by atoms with Gasteiger partial charge in [0.2, 0.25) is 0 Å². The molecule has 6 nitrogen and oxygen atoms in total. The fourth-order valence-corrected chi connectivity index (χ4v) is 0.285. The number of guanidine groups is 1. The molecule has 0 aliphatic heterocycles. The Morgan fingerprint density at radius 1 is 1.20 bits per heavy atom. The Labute approximate surface area is 99.9 Å². The van der Waals surface area contributed by atoms with Crippen LogP contribution in [0.3, 0.4) is 0 Å². The van der Waals surface area contributed by atoms with E-state index in [4.69, 9.17) is 21.4 Å². The minimum atomic E-state index is -0.833. The van der Waals surface area contributed by atoms with E-state index in [0.717, 1.165) is 6.92 Å². The van der Waals surface area contributed by atoms with Crippen LogP contribution < -0.4 is 11.5 Å². The van der Waals surface area contributed by atoms with Gasteiger partial charge in [0.05, 0.1) is 0 Å². The van der Waals surface area contributed by atoms with E-state index in [1.54, 1.807) is 20.8 Å². The van der Waals surface area contributed by atoms with E-state index in [9.17, 15) is 4.79 Å². The minimum absolute atomic E-state index is 0. The summed E-state index contributed by atoms with van der Waals surface area (Å²) in [6.07, 6.45) is 0. The number of hydrogen-bond acceptors (Lipinski definition) is 2. The maximum Gasteiger partial charge on any atom is 0.300 e. The van der Waals surface area contributed by atoms with Crippen molar-refractivity contribution in [2.75, 3.05) is 0 Å². The van der Waals surface area contributed by atoms with Crippen molar-refractivity contribution < 1.29 is 14.7 Å². The lowest BCUT2D eigenvalue weighted by Gasteiger charge is -2.11. The maximum absolute atomic E-state index is 10.9. The molecule has 0 saturated carbocycles. The van der Waals surface area contributed by atoms with Crippen molar-refractivity contribution in [3.05, 3.63) is 0 Å². The monoisotopic (exact) mass is 230 g/mol. The zero-order chi connectivity index (χ0) is 11.9. The number of hydrogen-bond donors (Lipinski definition) is 3. The number of carbonyl (C=O) groups is 2. The van der Waals surface area contributed by atoms with Crippen LogP contribution in [0.5, 0.6) is 0 Å². The fourth-order valence-electron chi connectivity index (χ4n) is 0.285. The molecule has 0 saturated heterocycles. The van der Waals surface area contributed by atoms with Crippen LogP contribution in [-0.2, 0) is 9.59 Å². The summed E-state index contributed by atoms with van der Waals surface area (Å²) >= 11 is 0. The van der Waals surface area contributed by atoms with Crippen molar-refractivity contribution in [1.29, 1.82) is 0 Å². The zero-order valence-electron chi connectivity index (χ0n) is 9.44. The summed E-state index contributed by atoms with van der Waals surface area (Å²) in [6, 6.07) is 0. The van der Waals surface area contributed by atoms with Gasteiger partial charge in [0, 0.05) is 29.7 Å². The Bertz CT molecular complexity index is 238. The molecule has 0 rings (SSSR count). The Morgan fingerprint density at radius 2 is 1.47 bits per heavy atom. The van der Waals surface area contributed by atoms with Crippen LogP contribution in [0.4, 0.5) is 0 Å². The van der Waals surface area contributed by atoms with Gasteiger partial charge in [-0.3, -0.25) is 9.59 Å². The molecule has 0 aromatic carbocycles. The molecule has 0 unspecified atom stereocenters. The molecule has 0 bridgehead atoms. The first-order valence-corrected chi connectivity index (χ1v) is 3.91. The molecule has 85 valence electrons. The molecule has 0 heterocycles. The van der Waals surface area contributed by atoms with E-state index < -0.39 is 11.4 Å². The number of carboxylic acids is 1. The summed E-state index contributed by atoms with van der Waals surface area (Å²) < 4.78 is 0. The van der Waals surface area contributed by atoms with Crippen molar-refractivity contribution in [2.45, 2.75) is 27.7 Å². The van der Waals surface area contributed by atoms with E-state index >= 15 is 0 Å². The molecular weight excluding hydrogens is 213 g/mol. The third-order valence-corrected chi connectivity index (χ3v) is 0.872. The van der Waals surface area contributed by atoms with Gasteiger partial charge in [-0.1, -0.05) is 20.8 Å². The molecule has 0 aromatic rings. The highest BCUT2D eigenvalue weighted by Gasteiger charge is 2.20. The Hall–Kier alpha value is -1.06. The molecular formula is C8H17AlN3O3. The number of rotatable bonds is 0. The standard InChI is InChI=1S/C6H13N3O.C2H4O2.Al/c1-6(2,3)4(10)9-5(7)8;1-2(3)4;/h1-3H3,(H4,7,8,9,10);1H3,(H,3,4);. The van der Waals surface area contributed by atoms with Crippen LogP contribution in [0.15, 0.2) is 4.99 Å². The van der Waals surface area contributed by atoms with Gasteiger partial charge in [0.15, 0.2) is 5.96 Å². The first kappa shape index (κ1) is 19.5. The van der Waals surface area contributed by atoms with E-state index in [1.807, 2.05) is 0 Å². The smallest absolute Gasteiger partial charge is 0.300 e. The summed E-state index contributed by atoms with van der Waals surface area (Å²) in [7, 11) is 0. The Balaban J connectivity index is -0.000000249. The normalized spacial score (nSPS) is 8.80. The lowest BCUT2D eigenvalue weighted by molar-refractivity contribution is -0.134. The molecule has 0 aromatic heterocycles. The second kappa shape index (κ2) is 8.27. The highest BCUT2D eigenvalue weighted by atomic mass is 27.0. The van der Waals surface area contributed by atoms with E-state index in [2.05, 4.69) is 4.99 Å². The first-order valence-electron chi connectivity index (χ1n) is 3.91. The van der Waals surface area contributed by atoms with Crippen molar-refractivity contribution in [3.8, 4) is 0 Å². The molecule has 0 aliphatic carbocycles. The van der Waals surface area contributed by atoms with Gasteiger partial charge in [0.1, 0.15) is 0 Å². The van der Waals surface area contributed by atoms with E-state index in [-0.39, 0.29) is 29.2 Å². The van der Waals surface area contributed by atoms with Crippen LogP contribution in [0.25, 0.3) is 0 Å². The number of carbonyl (C=O) groups excluding carboxylic acids is 1. The predicted molar refractivity (Wildman–Crippen MR) is 59.3 cm³/mol. The number of carboxylic acid groups (broad SMARTS) is 1. The maximum atomic E-state index is 10.9. The highest BCUT2D eigenvalue weighted by molar-refractivity contribution is 5.93. The van der Waals surface area contributed by atoms with Gasteiger partial charge in [-0.15, -0.1) is 0 Å². The highest BCUT2D eigenvalue weighted by Crippen LogP contribution is 2.14. The summed E-state index contributed by atoms with van der Waals surface area (Å²) in [6.45, 7) is 6.34. The predicted octanol–water partition coefficient (Wildman–Crippen LogP) is -0.457. The lowest BCUT2D eigenvalue weighted by atomic mass is 9.96. The minimum Gasteiger partial charge on any atom is -0.481 e. The van der Waals surface area contributed by atoms with Crippen molar-refractivity contribution in [3.63, 3.8) is 0 Å². The van der Waals surface area contributed by atoms with Gasteiger partial charge in [-0.05, 0) is 0 Å². The van der Waals surface area contributed by atoms with Crippen LogP contribution in [-0.4, -0.2) is 40.3 Å². The number of nitrogens with two attached hydrogens (primary N) is 2. The third kappa shape index (κ3) is 19.4. The third-order valence-electron chi connectivity index (χ3n) is 0.872. The average Bonchev–Trinajstić information content (AvgIpc) is 1.81. The molecule has 5 N–H and O–H groups in total. The topological polar surface area (TPSA) is 119 Å². The SMILES string of the molecule is CC(=O)O.CC(C)(C)C(=O)N=C(N)N.[Al]. The summed E-state index contributed by atoms with van der Waals surface area (Å²) in [5, 5.41) is 7.42.